The third kappa shape index (κ3) is 5.05. The van der Waals surface area contributed by atoms with Gasteiger partial charge in [0.25, 0.3) is 5.91 Å². The molecule has 0 fully saturated rings. The molecule has 1 atom stereocenters. The second kappa shape index (κ2) is 7.88. The molecule has 1 amide bonds. The lowest BCUT2D eigenvalue weighted by Gasteiger charge is -2.08. The van der Waals surface area contributed by atoms with Crippen LogP contribution in [-0.4, -0.2) is 18.3 Å². The molecule has 0 aliphatic heterocycles. The minimum Gasteiger partial charge on any atom is -0.352 e. The predicted molar refractivity (Wildman–Crippen MR) is 77.9 cm³/mol. The van der Waals surface area contributed by atoms with Crippen LogP contribution in [0, 0.1) is 5.92 Å². The van der Waals surface area contributed by atoms with Crippen molar-refractivity contribution in [1.29, 1.82) is 0 Å². The maximum atomic E-state index is 11.8. The van der Waals surface area contributed by atoms with Crippen LogP contribution in [0.1, 0.15) is 30.1 Å². The maximum absolute atomic E-state index is 11.8. The lowest BCUT2D eigenvalue weighted by molar-refractivity contribution is 0.0952. The largest absolute Gasteiger partial charge is 0.352 e. The minimum atomic E-state index is -0.132. The quantitative estimate of drug-likeness (QED) is 0.613. The van der Waals surface area contributed by atoms with Crippen molar-refractivity contribution in [1.82, 2.24) is 5.32 Å². The molecule has 1 unspecified atom stereocenters. The Morgan fingerprint density at radius 1 is 1.33 bits per heavy atom. The molecule has 0 saturated heterocycles. The van der Waals surface area contributed by atoms with Crippen molar-refractivity contribution in [3.63, 3.8) is 0 Å². The molecule has 0 aliphatic carbocycles. The van der Waals surface area contributed by atoms with E-state index in [1.54, 1.807) is 18.2 Å². The lowest BCUT2D eigenvalue weighted by atomic mass is 10.1. The van der Waals surface area contributed by atoms with Gasteiger partial charge in [-0.25, -0.2) is 0 Å². The van der Waals surface area contributed by atoms with Gasteiger partial charge >= 0.3 is 0 Å². The summed E-state index contributed by atoms with van der Waals surface area (Å²) in [5.41, 5.74) is 0.523. The van der Waals surface area contributed by atoms with Gasteiger partial charge in [-0.1, -0.05) is 30.1 Å². The molecule has 0 heterocycles. The highest BCUT2D eigenvalue weighted by molar-refractivity contribution is 6.42. The van der Waals surface area contributed by atoms with Crippen LogP contribution in [0.15, 0.2) is 18.2 Å². The normalized spacial score (nSPS) is 12.2. The SMILES string of the molecule is CC(CCl)CCCNC(=O)c1ccc(Cl)c(Cl)c1. The van der Waals surface area contributed by atoms with Gasteiger partial charge < -0.3 is 5.32 Å². The van der Waals surface area contributed by atoms with Gasteiger partial charge in [-0.05, 0) is 37.0 Å². The molecule has 1 aromatic carbocycles. The van der Waals surface area contributed by atoms with Crippen LogP contribution in [0.4, 0.5) is 0 Å². The van der Waals surface area contributed by atoms with Crippen molar-refractivity contribution < 1.29 is 4.79 Å². The van der Waals surface area contributed by atoms with Crippen molar-refractivity contribution in [2.24, 2.45) is 5.92 Å². The van der Waals surface area contributed by atoms with E-state index >= 15 is 0 Å². The van der Waals surface area contributed by atoms with E-state index in [4.69, 9.17) is 34.8 Å². The molecule has 18 heavy (non-hydrogen) atoms. The Kier molecular flexibility index (Phi) is 6.83. The van der Waals surface area contributed by atoms with Crippen molar-refractivity contribution in [2.75, 3.05) is 12.4 Å². The monoisotopic (exact) mass is 307 g/mol. The first kappa shape index (κ1) is 15.6. The van der Waals surface area contributed by atoms with Crippen LogP contribution in [0.25, 0.3) is 0 Å². The van der Waals surface area contributed by atoms with Gasteiger partial charge in [-0.3, -0.25) is 4.79 Å². The summed E-state index contributed by atoms with van der Waals surface area (Å²) in [7, 11) is 0. The second-order valence-corrected chi connectivity index (χ2v) is 5.41. The summed E-state index contributed by atoms with van der Waals surface area (Å²) in [5, 5.41) is 3.68. The molecular formula is C13H16Cl3NO. The number of halogens is 3. The third-order valence-corrected chi connectivity index (χ3v) is 3.87. The summed E-state index contributed by atoms with van der Waals surface area (Å²) >= 11 is 17.3. The van der Waals surface area contributed by atoms with Crippen molar-refractivity contribution in [2.45, 2.75) is 19.8 Å². The molecule has 0 aromatic heterocycles. The zero-order valence-electron chi connectivity index (χ0n) is 10.2. The van der Waals surface area contributed by atoms with Crippen LogP contribution in [-0.2, 0) is 0 Å². The number of hydrogen-bond acceptors (Lipinski definition) is 1. The van der Waals surface area contributed by atoms with Crippen molar-refractivity contribution >= 4 is 40.7 Å². The van der Waals surface area contributed by atoms with E-state index in [1.165, 1.54) is 0 Å². The molecule has 1 N–H and O–H groups in total. The first-order valence-corrected chi connectivity index (χ1v) is 7.13. The number of carbonyl (C=O) groups is 1. The van der Waals surface area contributed by atoms with Gasteiger partial charge in [-0.2, -0.15) is 0 Å². The number of carbonyl (C=O) groups excluding carboxylic acids is 1. The molecule has 0 radical (unpaired) electrons. The first-order chi connectivity index (χ1) is 8.54. The lowest BCUT2D eigenvalue weighted by Crippen LogP contribution is -2.24. The highest BCUT2D eigenvalue weighted by Crippen LogP contribution is 2.22. The summed E-state index contributed by atoms with van der Waals surface area (Å²) in [6.07, 6.45) is 1.92. The highest BCUT2D eigenvalue weighted by Gasteiger charge is 2.07. The van der Waals surface area contributed by atoms with E-state index in [0.29, 0.717) is 34.0 Å². The van der Waals surface area contributed by atoms with E-state index in [-0.39, 0.29) is 5.91 Å². The molecule has 0 spiro atoms. The number of amides is 1. The fourth-order valence-corrected chi connectivity index (χ4v) is 1.92. The second-order valence-electron chi connectivity index (χ2n) is 4.29. The average molecular weight is 309 g/mol. The Morgan fingerprint density at radius 3 is 2.67 bits per heavy atom. The maximum Gasteiger partial charge on any atom is 0.251 e. The smallest absolute Gasteiger partial charge is 0.251 e. The van der Waals surface area contributed by atoms with Crippen LogP contribution in [0.2, 0.25) is 10.0 Å². The number of benzene rings is 1. The molecule has 5 heteroatoms. The van der Waals surface area contributed by atoms with Crippen molar-refractivity contribution in [3.05, 3.63) is 33.8 Å². The third-order valence-electron chi connectivity index (χ3n) is 2.60. The van der Waals surface area contributed by atoms with E-state index in [1.807, 2.05) is 0 Å². The molecule has 2 nitrogen and oxygen atoms in total. The molecule has 1 rings (SSSR count). The Hall–Kier alpha value is -0.440. The summed E-state index contributed by atoms with van der Waals surface area (Å²) in [5.74, 6) is 1.00. The fraction of sp³-hybridized carbons (Fsp3) is 0.462. The van der Waals surface area contributed by atoms with Crippen LogP contribution < -0.4 is 5.32 Å². The molecule has 0 saturated carbocycles. The molecule has 100 valence electrons. The number of nitrogens with one attached hydrogen (secondary N) is 1. The fourth-order valence-electron chi connectivity index (χ4n) is 1.47. The molecule has 0 aliphatic rings. The molecule has 0 bridgehead atoms. The number of alkyl halides is 1. The van der Waals surface area contributed by atoms with Crippen molar-refractivity contribution in [3.8, 4) is 0 Å². The van der Waals surface area contributed by atoms with Gasteiger partial charge in [0.15, 0.2) is 0 Å². The van der Waals surface area contributed by atoms with Gasteiger partial charge in [0.2, 0.25) is 0 Å². The summed E-state index contributed by atoms with van der Waals surface area (Å²) in [6, 6.07) is 4.85. The van der Waals surface area contributed by atoms with Crippen LogP contribution in [0.5, 0.6) is 0 Å². The Labute approximate surface area is 123 Å². The van der Waals surface area contributed by atoms with Gasteiger partial charge in [-0.15, -0.1) is 11.6 Å². The summed E-state index contributed by atoms with van der Waals surface area (Å²) < 4.78 is 0. The first-order valence-electron chi connectivity index (χ1n) is 5.83. The highest BCUT2D eigenvalue weighted by atomic mass is 35.5. The van der Waals surface area contributed by atoms with Gasteiger partial charge in [0.1, 0.15) is 0 Å². The number of hydrogen-bond donors (Lipinski definition) is 1. The van der Waals surface area contributed by atoms with E-state index in [0.717, 1.165) is 12.8 Å². The Balaban J connectivity index is 2.39. The Morgan fingerprint density at radius 2 is 2.06 bits per heavy atom. The Bertz CT molecular complexity index is 409. The zero-order valence-corrected chi connectivity index (χ0v) is 12.4. The van der Waals surface area contributed by atoms with E-state index in [9.17, 15) is 4.79 Å². The van der Waals surface area contributed by atoms with E-state index < -0.39 is 0 Å². The summed E-state index contributed by atoms with van der Waals surface area (Å²) in [4.78, 5) is 11.8. The van der Waals surface area contributed by atoms with E-state index in [2.05, 4.69) is 12.2 Å². The summed E-state index contributed by atoms with van der Waals surface area (Å²) in [6.45, 7) is 2.73. The van der Waals surface area contributed by atoms with Crippen LogP contribution in [0.3, 0.4) is 0 Å². The van der Waals surface area contributed by atoms with Gasteiger partial charge in [0, 0.05) is 18.0 Å². The topological polar surface area (TPSA) is 29.1 Å². The molecular weight excluding hydrogens is 293 g/mol. The van der Waals surface area contributed by atoms with Gasteiger partial charge in [0.05, 0.1) is 10.0 Å². The average Bonchev–Trinajstić information content (AvgIpc) is 2.37. The standard InChI is InChI=1S/C13H16Cl3NO/c1-9(8-14)3-2-6-17-13(18)10-4-5-11(15)12(16)7-10/h4-5,7,9H,2-3,6,8H2,1H3,(H,17,18). The predicted octanol–water partition coefficient (Wildman–Crippen LogP) is 4.38. The zero-order chi connectivity index (χ0) is 13.5. The van der Waals surface area contributed by atoms with Crippen LogP contribution >= 0.6 is 34.8 Å². The molecule has 1 aromatic rings. The number of rotatable bonds is 6. The minimum absolute atomic E-state index is 0.132.